The molecular weight excluding hydrogens is 364 g/mol. The Labute approximate surface area is 164 Å². The van der Waals surface area contributed by atoms with Gasteiger partial charge in [0.05, 0.1) is 17.7 Å². The molecule has 0 bridgehead atoms. The molecule has 1 fully saturated rings. The zero-order valence-electron chi connectivity index (χ0n) is 15.4. The van der Waals surface area contributed by atoms with Crippen molar-refractivity contribution in [2.75, 3.05) is 11.4 Å². The summed E-state index contributed by atoms with van der Waals surface area (Å²) < 4.78 is 5.81. The summed E-state index contributed by atoms with van der Waals surface area (Å²) in [5.41, 5.74) is 1.56. The molecule has 5 nitrogen and oxygen atoms in total. The number of hydrogen-bond donors (Lipinski definition) is 1. The monoisotopic (exact) mass is 386 g/mol. The lowest BCUT2D eigenvalue weighted by Crippen LogP contribution is -2.32. The highest BCUT2D eigenvalue weighted by Crippen LogP contribution is 2.33. The number of nitrogens with one attached hydrogen (secondary N) is 1. The Balaban J connectivity index is 1.67. The van der Waals surface area contributed by atoms with Crippen molar-refractivity contribution >= 4 is 29.1 Å². The van der Waals surface area contributed by atoms with E-state index in [0.29, 0.717) is 29.5 Å². The van der Waals surface area contributed by atoms with Crippen molar-refractivity contribution in [2.24, 2.45) is 5.92 Å². The lowest BCUT2D eigenvalue weighted by atomic mass is 10.1. The van der Waals surface area contributed by atoms with E-state index in [2.05, 4.69) is 5.32 Å². The minimum Gasteiger partial charge on any atom is -0.489 e. The molecule has 6 heteroatoms. The van der Waals surface area contributed by atoms with Crippen molar-refractivity contribution in [3.63, 3.8) is 0 Å². The quantitative estimate of drug-likeness (QED) is 0.821. The zero-order valence-corrected chi connectivity index (χ0v) is 16.2. The van der Waals surface area contributed by atoms with E-state index in [0.717, 1.165) is 5.56 Å². The van der Waals surface area contributed by atoms with Crippen LogP contribution in [0.4, 0.5) is 5.69 Å². The van der Waals surface area contributed by atoms with Crippen LogP contribution in [0.25, 0.3) is 0 Å². The van der Waals surface area contributed by atoms with Crippen LogP contribution in [0.5, 0.6) is 5.75 Å². The van der Waals surface area contributed by atoms with Crippen LogP contribution in [0.2, 0.25) is 5.02 Å². The summed E-state index contributed by atoms with van der Waals surface area (Å²) in [6.07, 6.45) is 0.184. The summed E-state index contributed by atoms with van der Waals surface area (Å²) in [6.45, 7) is 4.56. The van der Waals surface area contributed by atoms with Gasteiger partial charge in [0.1, 0.15) is 5.75 Å². The van der Waals surface area contributed by atoms with Gasteiger partial charge in [0.2, 0.25) is 11.8 Å². The molecule has 142 valence electrons. The largest absolute Gasteiger partial charge is 0.489 e. The van der Waals surface area contributed by atoms with Crippen LogP contribution in [0.1, 0.15) is 25.8 Å². The Kier molecular flexibility index (Phi) is 6.01. The van der Waals surface area contributed by atoms with Crippen LogP contribution < -0.4 is 15.0 Å². The summed E-state index contributed by atoms with van der Waals surface area (Å²) in [5, 5.41) is 3.50. The number of rotatable bonds is 6. The third kappa shape index (κ3) is 4.61. The molecule has 1 unspecified atom stereocenters. The van der Waals surface area contributed by atoms with Crippen molar-refractivity contribution in [1.82, 2.24) is 5.32 Å². The van der Waals surface area contributed by atoms with E-state index in [4.69, 9.17) is 16.3 Å². The molecule has 0 aromatic heterocycles. The van der Waals surface area contributed by atoms with Crippen LogP contribution in [0.3, 0.4) is 0 Å². The predicted molar refractivity (Wildman–Crippen MR) is 106 cm³/mol. The van der Waals surface area contributed by atoms with Gasteiger partial charge in [-0.3, -0.25) is 9.59 Å². The van der Waals surface area contributed by atoms with Gasteiger partial charge in [0.15, 0.2) is 0 Å². The van der Waals surface area contributed by atoms with Gasteiger partial charge < -0.3 is 15.0 Å². The van der Waals surface area contributed by atoms with Gasteiger partial charge in [-0.25, -0.2) is 0 Å². The molecule has 1 N–H and O–H groups in total. The molecule has 27 heavy (non-hydrogen) atoms. The van der Waals surface area contributed by atoms with Gasteiger partial charge in [-0.05, 0) is 37.6 Å². The number of hydrogen-bond acceptors (Lipinski definition) is 3. The Bertz CT molecular complexity index is 838. The van der Waals surface area contributed by atoms with E-state index in [-0.39, 0.29) is 24.3 Å². The molecule has 1 heterocycles. The van der Waals surface area contributed by atoms with E-state index in [1.54, 1.807) is 11.0 Å². The predicted octanol–water partition coefficient (Wildman–Crippen LogP) is 3.80. The molecule has 1 saturated heterocycles. The lowest BCUT2D eigenvalue weighted by Gasteiger charge is -2.21. The average molecular weight is 387 g/mol. The summed E-state index contributed by atoms with van der Waals surface area (Å²) in [4.78, 5) is 26.7. The standard InChI is InChI=1S/C21H23ClN2O3/c1-14(2)27-19-10-6-5-9-18(19)24-13-16(11-20(24)25)21(26)23-12-15-7-3-4-8-17(15)22/h3-10,14,16H,11-13H2,1-2H3,(H,23,26). The van der Waals surface area contributed by atoms with Gasteiger partial charge in [-0.1, -0.05) is 41.9 Å². The van der Waals surface area contributed by atoms with Crippen molar-refractivity contribution in [1.29, 1.82) is 0 Å². The van der Waals surface area contributed by atoms with E-state index in [1.807, 2.05) is 56.3 Å². The van der Waals surface area contributed by atoms with Gasteiger partial charge in [0, 0.05) is 24.5 Å². The number of amides is 2. The van der Waals surface area contributed by atoms with Crippen LogP contribution in [0, 0.1) is 5.92 Å². The average Bonchev–Trinajstić information content (AvgIpc) is 3.02. The number of benzene rings is 2. The summed E-state index contributed by atoms with van der Waals surface area (Å²) >= 11 is 6.13. The van der Waals surface area contributed by atoms with Crippen molar-refractivity contribution < 1.29 is 14.3 Å². The maximum absolute atomic E-state index is 12.6. The molecule has 3 rings (SSSR count). The fraction of sp³-hybridized carbons (Fsp3) is 0.333. The lowest BCUT2D eigenvalue weighted by molar-refractivity contribution is -0.126. The molecule has 1 aliphatic rings. The van der Waals surface area contributed by atoms with E-state index >= 15 is 0 Å². The highest BCUT2D eigenvalue weighted by atomic mass is 35.5. The third-order valence-electron chi connectivity index (χ3n) is 4.43. The van der Waals surface area contributed by atoms with E-state index in [9.17, 15) is 9.59 Å². The Morgan fingerprint density at radius 1 is 1.22 bits per heavy atom. The smallest absolute Gasteiger partial charge is 0.227 e. The number of halogens is 1. The number of ether oxygens (including phenoxy) is 1. The fourth-order valence-corrected chi connectivity index (χ4v) is 3.32. The minimum absolute atomic E-state index is 0.00132. The Morgan fingerprint density at radius 3 is 2.67 bits per heavy atom. The normalized spacial score (nSPS) is 16.7. The first-order valence-electron chi connectivity index (χ1n) is 9.03. The minimum atomic E-state index is -0.396. The maximum atomic E-state index is 12.6. The highest BCUT2D eigenvalue weighted by Gasteiger charge is 2.36. The Hall–Kier alpha value is -2.53. The molecule has 2 aromatic rings. The molecule has 0 saturated carbocycles. The fourth-order valence-electron chi connectivity index (χ4n) is 3.12. The highest BCUT2D eigenvalue weighted by molar-refractivity contribution is 6.31. The molecular formula is C21H23ClN2O3. The second-order valence-electron chi connectivity index (χ2n) is 6.85. The molecule has 0 radical (unpaired) electrons. The van der Waals surface area contributed by atoms with Crippen LogP contribution in [-0.2, 0) is 16.1 Å². The first-order chi connectivity index (χ1) is 13.0. The maximum Gasteiger partial charge on any atom is 0.227 e. The number of anilines is 1. The van der Waals surface area contributed by atoms with E-state index in [1.165, 1.54) is 0 Å². The molecule has 0 aliphatic carbocycles. The second-order valence-corrected chi connectivity index (χ2v) is 7.26. The molecule has 1 atom stereocenters. The van der Waals surface area contributed by atoms with Crippen molar-refractivity contribution in [2.45, 2.75) is 32.9 Å². The van der Waals surface area contributed by atoms with Crippen LogP contribution in [-0.4, -0.2) is 24.5 Å². The second kappa shape index (κ2) is 8.44. The Morgan fingerprint density at radius 2 is 1.93 bits per heavy atom. The van der Waals surface area contributed by atoms with Gasteiger partial charge in [0.25, 0.3) is 0 Å². The number of para-hydroxylation sites is 2. The molecule has 2 amide bonds. The van der Waals surface area contributed by atoms with Gasteiger partial charge in [-0.2, -0.15) is 0 Å². The zero-order chi connectivity index (χ0) is 19.4. The first kappa shape index (κ1) is 19.2. The summed E-state index contributed by atoms with van der Waals surface area (Å²) in [7, 11) is 0. The van der Waals surface area contributed by atoms with E-state index < -0.39 is 5.92 Å². The first-order valence-corrected chi connectivity index (χ1v) is 9.40. The molecule has 0 spiro atoms. The van der Waals surface area contributed by atoms with Gasteiger partial charge in [-0.15, -0.1) is 0 Å². The van der Waals surface area contributed by atoms with Gasteiger partial charge >= 0.3 is 0 Å². The molecule has 1 aliphatic heterocycles. The number of carbonyl (C=O) groups excluding carboxylic acids is 2. The SMILES string of the molecule is CC(C)Oc1ccccc1N1CC(C(=O)NCc2ccccc2Cl)CC1=O. The molecule has 2 aromatic carbocycles. The summed E-state index contributed by atoms with van der Waals surface area (Å²) in [5.74, 6) is 0.0331. The van der Waals surface area contributed by atoms with Crippen LogP contribution >= 0.6 is 11.6 Å². The van der Waals surface area contributed by atoms with Crippen molar-refractivity contribution in [3.8, 4) is 5.75 Å². The topological polar surface area (TPSA) is 58.6 Å². The summed E-state index contributed by atoms with van der Waals surface area (Å²) in [6, 6.07) is 14.8. The van der Waals surface area contributed by atoms with Crippen LogP contribution in [0.15, 0.2) is 48.5 Å². The number of carbonyl (C=O) groups is 2. The third-order valence-corrected chi connectivity index (χ3v) is 4.79. The van der Waals surface area contributed by atoms with Crippen molar-refractivity contribution in [3.05, 3.63) is 59.1 Å². The number of nitrogens with zero attached hydrogens (tertiary/aromatic N) is 1.